The van der Waals surface area contributed by atoms with E-state index >= 15 is 0 Å². The van der Waals surface area contributed by atoms with Crippen LogP contribution in [0.15, 0.2) is 29.2 Å². The van der Waals surface area contributed by atoms with Crippen LogP contribution in [-0.2, 0) is 16.4 Å². The van der Waals surface area contributed by atoms with Crippen LogP contribution in [0.25, 0.3) is 0 Å². The van der Waals surface area contributed by atoms with Gasteiger partial charge in [-0.1, -0.05) is 39.8 Å². The van der Waals surface area contributed by atoms with Gasteiger partial charge < -0.3 is 5.32 Å². The topological polar surface area (TPSA) is 58.2 Å². The molecule has 5 heteroatoms. The predicted molar refractivity (Wildman–Crippen MR) is 87.9 cm³/mol. The Morgan fingerprint density at radius 1 is 1.00 bits per heavy atom. The highest BCUT2D eigenvalue weighted by atomic mass is 32.2. The molecule has 21 heavy (non-hydrogen) atoms. The lowest BCUT2D eigenvalue weighted by atomic mass is 10.1. The van der Waals surface area contributed by atoms with E-state index in [1.807, 2.05) is 32.9 Å². The van der Waals surface area contributed by atoms with Crippen molar-refractivity contribution in [3.05, 3.63) is 29.8 Å². The van der Waals surface area contributed by atoms with Crippen molar-refractivity contribution in [3.63, 3.8) is 0 Å². The van der Waals surface area contributed by atoms with Crippen molar-refractivity contribution in [3.8, 4) is 0 Å². The number of hydrogen-bond donors (Lipinski definition) is 2. The third-order valence-corrected chi connectivity index (χ3v) is 5.12. The molecule has 0 aromatic heterocycles. The lowest BCUT2D eigenvalue weighted by Gasteiger charge is -2.17. The van der Waals surface area contributed by atoms with Crippen molar-refractivity contribution >= 4 is 10.0 Å². The van der Waals surface area contributed by atoms with Gasteiger partial charge in [0.25, 0.3) is 0 Å². The van der Waals surface area contributed by atoms with Crippen LogP contribution in [0, 0.1) is 5.92 Å². The highest BCUT2D eigenvalue weighted by molar-refractivity contribution is 7.89. The minimum Gasteiger partial charge on any atom is -0.314 e. The molecule has 0 amide bonds. The number of benzene rings is 1. The van der Waals surface area contributed by atoms with Crippen molar-refractivity contribution in [2.24, 2.45) is 5.92 Å². The van der Waals surface area contributed by atoms with Gasteiger partial charge in [0, 0.05) is 12.1 Å². The molecule has 2 N–H and O–H groups in total. The molecule has 1 rings (SSSR count). The first-order valence-corrected chi connectivity index (χ1v) is 9.05. The van der Waals surface area contributed by atoms with E-state index in [0.717, 1.165) is 18.5 Å². The molecule has 0 bridgehead atoms. The second-order valence-electron chi connectivity index (χ2n) is 6.16. The minimum absolute atomic E-state index is 0.0788. The van der Waals surface area contributed by atoms with Gasteiger partial charge in [0.15, 0.2) is 0 Å². The smallest absolute Gasteiger partial charge is 0.240 e. The van der Waals surface area contributed by atoms with Gasteiger partial charge in [-0.2, -0.15) is 0 Å². The number of rotatable bonds is 8. The zero-order valence-electron chi connectivity index (χ0n) is 13.7. The quantitative estimate of drug-likeness (QED) is 0.775. The van der Waals surface area contributed by atoms with Crippen LogP contribution in [0.4, 0.5) is 0 Å². The Hall–Kier alpha value is -0.910. The summed E-state index contributed by atoms with van der Waals surface area (Å²) in [5, 5.41) is 3.35. The number of nitrogens with one attached hydrogen (secondary N) is 2. The van der Waals surface area contributed by atoms with E-state index in [9.17, 15) is 8.42 Å². The van der Waals surface area contributed by atoms with Crippen molar-refractivity contribution in [2.45, 2.75) is 58.0 Å². The monoisotopic (exact) mass is 312 g/mol. The highest BCUT2D eigenvalue weighted by Gasteiger charge is 2.18. The van der Waals surface area contributed by atoms with Gasteiger partial charge in [-0.25, -0.2) is 13.1 Å². The van der Waals surface area contributed by atoms with Crippen molar-refractivity contribution in [2.75, 3.05) is 6.54 Å². The van der Waals surface area contributed by atoms with E-state index in [1.165, 1.54) is 0 Å². The fourth-order valence-electron chi connectivity index (χ4n) is 1.79. The van der Waals surface area contributed by atoms with E-state index in [0.29, 0.717) is 10.9 Å². The lowest BCUT2D eigenvalue weighted by molar-refractivity contribution is 0.476. The van der Waals surface area contributed by atoms with Crippen molar-refractivity contribution < 1.29 is 8.42 Å². The number of sulfonamides is 1. The second-order valence-corrected chi connectivity index (χ2v) is 7.87. The van der Waals surface area contributed by atoms with Gasteiger partial charge in [0.1, 0.15) is 0 Å². The highest BCUT2D eigenvalue weighted by Crippen LogP contribution is 2.13. The fourth-order valence-corrected chi connectivity index (χ4v) is 3.18. The summed E-state index contributed by atoms with van der Waals surface area (Å²) in [6, 6.07) is 7.52. The molecule has 0 radical (unpaired) electrons. The van der Waals surface area contributed by atoms with E-state index < -0.39 is 10.0 Å². The van der Waals surface area contributed by atoms with Crippen LogP contribution in [0.3, 0.4) is 0 Å². The Labute approximate surface area is 129 Å². The lowest BCUT2D eigenvalue weighted by Crippen LogP contribution is -2.36. The van der Waals surface area contributed by atoms with Gasteiger partial charge in [-0.3, -0.25) is 0 Å². The Morgan fingerprint density at radius 2 is 1.57 bits per heavy atom. The normalized spacial score (nSPS) is 13.9. The first-order valence-electron chi connectivity index (χ1n) is 7.57. The number of hydrogen-bond acceptors (Lipinski definition) is 3. The maximum absolute atomic E-state index is 12.2. The third kappa shape index (κ3) is 6.16. The summed E-state index contributed by atoms with van der Waals surface area (Å²) in [5.74, 6) is 0.265. The Balaban J connectivity index is 2.68. The zero-order valence-corrected chi connectivity index (χ0v) is 14.5. The molecular formula is C16H28N2O2S. The molecule has 0 aliphatic carbocycles. The summed E-state index contributed by atoms with van der Waals surface area (Å²) in [4.78, 5) is 0.329. The van der Waals surface area contributed by atoms with Crippen LogP contribution in [-0.4, -0.2) is 27.0 Å². The molecule has 1 aromatic carbocycles. The molecule has 0 spiro atoms. The Kier molecular flexibility index (Phi) is 6.84. The van der Waals surface area contributed by atoms with Crippen LogP contribution in [0.1, 0.15) is 40.2 Å². The van der Waals surface area contributed by atoms with Gasteiger partial charge in [-0.15, -0.1) is 0 Å². The standard InChI is InChI=1S/C16H28N2O2S/c1-12(2)14(5)18-21(19,20)16-8-6-15(7-9-16)10-11-17-13(3)4/h6-9,12-14,17-18H,10-11H2,1-5H3. The van der Waals surface area contributed by atoms with Crippen LogP contribution in [0.2, 0.25) is 0 Å². The van der Waals surface area contributed by atoms with E-state index in [2.05, 4.69) is 23.9 Å². The van der Waals surface area contributed by atoms with E-state index in [1.54, 1.807) is 12.1 Å². The molecule has 0 heterocycles. The summed E-state index contributed by atoms with van der Waals surface area (Å²) >= 11 is 0. The maximum atomic E-state index is 12.2. The summed E-state index contributed by atoms with van der Waals surface area (Å²) < 4.78 is 27.2. The first kappa shape index (κ1) is 18.1. The van der Waals surface area contributed by atoms with E-state index in [4.69, 9.17) is 0 Å². The van der Waals surface area contributed by atoms with Gasteiger partial charge >= 0.3 is 0 Å². The summed E-state index contributed by atoms with van der Waals surface area (Å²) in [5.41, 5.74) is 1.14. The summed E-state index contributed by atoms with van der Waals surface area (Å²) in [6.45, 7) is 11.0. The van der Waals surface area contributed by atoms with Crippen LogP contribution >= 0.6 is 0 Å². The molecule has 1 unspecified atom stereocenters. The Bertz CT molecular complexity index is 522. The molecular weight excluding hydrogens is 284 g/mol. The van der Waals surface area contributed by atoms with E-state index in [-0.39, 0.29) is 12.0 Å². The molecule has 0 saturated carbocycles. The maximum Gasteiger partial charge on any atom is 0.240 e. The Morgan fingerprint density at radius 3 is 2.05 bits per heavy atom. The van der Waals surface area contributed by atoms with Crippen LogP contribution < -0.4 is 10.0 Å². The van der Waals surface area contributed by atoms with Gasteiger partial charge in [-0.05, 0) is 43.5 Å². The third-order valence-electron chi connectivity index (χ3n) is 3.54. The minimum atomic E-state index is -3.42. The summed E-state index contributed by atoms with van der Waals surface area (Å²) in [6.07, 6.45) is 0.897. The molecule has 0 aliphatic rings. The SMILES string of the molecule is CC(C)NCCc1ccc(S(=O)(=O)NC(C)C(C)C)cc1. The molecule has 0 saturated heterocycles. The largest absolute Gasteiger partial charge is 0.314 e. The molecule has 0 aliphatic heterocycles. The van der Waals surface area contributed by atoms with Crippen LogP contribution in [0.5, 0.6) is 0 Å². The van der Waals surface area contributed by atoms with Gasteiger partial charge in [0.05, 0.1) is 4.90 Å². The van der Waals surface area contributed by atoms with Crippen molar-refractivity contribution in [1.82, 2.24) is 10.0 Å². The molecule has 120 valence electrons. The van der Waals surface area contributed by atoms with Crippen molar-refractivity contribution in [1.29, 1.82) is 0 Å². The molecule has 4 nitrogen and oxygen atoms in total. The average Bonchev–Trinajstić information content (AvgIpc) is 2.38. The zero-order chi connectivity index (χ0) is 16.0. The molecule has 1 atom stereocenters. The fraction of sp³-hybridized carbons (Fsp3) is 0.625. The summed E-state index contributed by atoms with van der Waals surface area (Å²) in [7, 11) is -3.42. The average molecular weight is 312 g/mol. The predicted octanol–water partition coefficient (Wildman–Crippen LogP) is 2.55. The van der Waals surface area contributed by atoms with Gasteiger partial charge in [0.2, 0.25) is 10.0 Å². The molecule has 1 aromatic rings. The molecule has 0 fully saturated rings. The first-order chi connectivity index (χ1) is 9.72. The second kappa shape index (κ2) is 7.92.